The maximum Gasteiger partial charge on any atom is 0.219 e. The van der Waals surface area contributed by atoms with E-state index < -0.39 is 0 Å². The molecule has 0 bridgehead atoms. The van der Waals surface area contributed by atoms with Gasteiger partial charge in [-0.1, -0.05) is 0 Å². The van der Waals surface area contributed by atoms with Crippen LogP contribution in [-0.2, 0) is 4.79 Å². The minimum atomic E-state index is -0.0163. The Morgan fingerprint density at radius 2 is 2.36 bits per heavy atom. The molecule has 1 aliphatic heterocycles. The molecule has 14 heavy (non-hydrogen) atoms. The highest BCUT2D eigenvalue weighted by Crippen LogP contribution is 2.21. The summed E-state index contributed by atoms with van der Waals surface area (Å²) < 4.78 is 0. The second-order valence-electron chi connectivity index (χ2n) is 4.19. The van der Waals surface area contributed by atoms with Gasteiger partial charge in [-0.05, 0) is 25.9 Å². The third-order valence-electron chi connectivity index (χ3n) is 3.15. The second kappa shape index (κ2) is 4.75. The number of likely N-dealkylation sites (tertiary alicyclic amines) is 1. The summed E-state index contributed by atoms with van der Waals surface area (Å²) >= 11 is 0. The average Bonchev–Trinajstić information content (AvgIpc) is 2.53. The highest BCUT2D eigenvalue weighted by atomic mass is 16.3. The summed E-state index contributed by atoms with van der Waals surface area (Å²) in [6.07, 6.45) is 1.07. The number of hydrogen-bond donors (Lipinski definition) is 1. The lowest BCUT2D eigenvalue weighted by atomic mass is 9.98. The molecule has 1 N–H and O–H groups in total. The van der Waals surface area contributed by atoms with Crippen molar-refractivity contribution < 1.29 is 9.90 Å². The molecule has 0 aromatic rings. The fourth-order valence-corrected chi connectivity index (χ4v) is 2.10. The summed E-state index contributed by atoms with van der Waals surface area (Å²) in [4.78, 5) is 15.1. The monoisotopic (exact) mass is 200 g/mol. The van der Waals surface area contributed by atoms with Gasteiger partial charge >= 0.3 is 0 Å². The lowest BCUT2D eigenvalue weighted by molar-refractivity contribution is -0.131. The molecule has 0 radical (unpaired) electrons. The van der Waals surface area contributed by atoms with Crippen LogP contribution < -0.4 is 0 Å². The number of carbonyl (C=O) groups excluding carboxylic acids is 1. The van der Waals surface area contributed by atoms with Crippen molar-refractivity contribution in [2.75, 3.05) is 33.8 Å². The zero-order valence-corrected chi connectivity index (χ0v) is 9.23. The van der Waals surface area contributed by atoms with Crippen molar-refractivity contribution in [3.63, 3.8) is 0 Å². The van der Waals surface area contributed by atoms with Crippen molar-refractivity contribution >= 4 is 5.91 Å². The smallest absolute Gasteiger partial charge is 0.219 e. The Labute approximate surface area is 85.5 Å². The average molecular weight is 200 g/mol. The molecule has 2 atom stereocenters. The molecule has 1 fully saturated rings. The number of rotatable bonds is 3. The van der Waals surface area contributed by atoms with E-state index in [1.54, 1.807) is 18.9 Å². The van der Waals surface area contributed by atoms with Crippen molar-refractivity contribution in [3.8, 4) is 0 Å². The molecular weight excluding hydrogens is 180 g/mol. The molecular formula is C10H20N2O2. The summed E-state index contributed by atoms with van der Waals surface area (Å²) in [5.41, 5.74) is 0. The Morgan fingerprint density at radius 3 is 2.71 bits per heavy atom. The summed E-state index contributed by atoms with van der Waals surface area (Å²) in [7, 11) is 3.84. The van der Waals surface area contributed by atoms with Gasteiger partial charge in [0.25, 0.3) is 0 Å². The molecule has 0 saturated carbocycles. The van der Waals surface area contributed by atoms with E-state index in [-0.39, 0.29) is 18.6 Å². The first-order valence-corrected chi connectivity index (χ1v) is 5.09. The Morgan fingerprint density at radius 1 is 1.71 bits per heavy atom. The Balaban J connectivity index is 2.57. The Kier molecular flexibility index (Phi) is 3.89. The van der Waals surface area contributed by atoms with E-state index in [0.717, 1.165) is 19.5 Å². The van der Waals surface area contributed by atoms with Gasteiger partial charge in [-0.2, -0.15) is 0 Å². The number of amides is 1. The molecule has 4 nitrogen and oxygen atoms in total. The molecule has 0 spiro atoms. The Hall–Kier alpha value is -0.610. The minimum absolute atomic E-state index is 0.0163. The van der Waals surface area contributed by atoms with Crippen molar-refractivity contribution in [2.45, 2.75) is 19.4 Å². The summed E-state index contributed by atoms with van der Waals surface area (Å²) in [6, 6.07) is -0.0163. The number of hydrogen-bond acceptors (Lipinski definition) is 3. The topological polar surface area (TPSA) is 43.8 Å². The van der Waals surface area contributed by atoms with Crippen LogP contribution in [0.2, 0.25) is 0 Å². The first-order valence-electron chi connectivity index (χ1n) is 5.09. The summed E-state index contributed by atoms with van der Waals surface area (Å²) in [6.45, 7) is 3.64. The lowest BCUT2D eigenvalue weighted by Crippen LogP contribution is -2.44. The van der Waals surface area contributed by atoms with Crippen LogP contribution in [0.1, 0.15) is 13.3 Å². The molecule has 0 aromatic carbocycles. The summed E-state index contributed by atoms with van der Waals surface area (Å²) in [5.74, 6) is 0.442. The van der Waals surface area contributed by atoms with E-state index in [0.29, 0.717) is 5.92 Å². The van der Waals surface area contributed by atoms with Crippen molar-refractivity contribution in [2.24, 2.45) is 5.92 Å². The van der Waals surface area contributed by atoms with Gasteiger partial charge in [-0.3, -0.25) is 4.79 Å². The van der Waals surface area contributed by atoms with Gasteiger partial charge < -0.3 is 14.9 Å². The van der Waals surface area contributed by atoms with E-state index in [9.17, 15) is 9.90 Å². The number of aliphatic hydroxyl groups excluding tert-OH is 1. The molecule has 1 rings (SSSR count). The standard InChI is InChI=1S/C10H20N2O2/c1-8(14)12(3)10(7-13)9-4-5-11(2)6-9/h9-10,13H,4-7H2,1-3H3. The second-order valence-corrected chi connectivity index (χ2v) is 4.19. The summed E-state index contributed by atoms with van der Waals surface area (Å²) in [5, 5.41) is 9.28. The van der Waals surface area contributed by atoms with Crippen molar-refractivity contribution in [3.05, 3.63) is 0 Å². The van der Waals surface area contributed by atoms with Crippen LogP contribution in [0.5, 0.6) is 0 Å². The molecule has 1 amide bonds. The van der Waals surface area contributed by atoms with Gasteiger partial charge in [0.05, 0.1) is 12.6 Å². The fourth-order valence-electron chi connectivity index (χ4n) is 2.10. The van der Waals surface area contributed by atoms with Gasteiger partial charge in [0.2, 0.25) is 5.91 Å². The zero-order chi connectivity index (χ0) is 10.7. The normalized spacial score (nSPS) is 25.0. The first-order chi connectivity index (χ1) is 6.56. The van der Waals surface area contributed by atoms with Crippen molar-refractivity contribution in [1.29, 1.82) is 0 Å². The van der Waals surface area contributed by atoms with Crippen LogP contribution in [0, 0.1) is 5.92 Å². The maximum atomic E-state index is 11.2. The number of carbonyl (C=O) groups is 1. The van der Waals surface area contributed by atoms with Crippen LogP contribution in [-0.4, -0.2) is 60.6 Å². The van der Waals surface area contributed by atoms with Crippen LogP contribution in [0.25, 0.3) is 0 Å². The molecule has 2 unspecified atom stereocenters. The number of likely N-dealkylation sites (N-methyl/N-ethyl adjacent to an activating group) is 1. The zero-order valence-electron chi connectivity index (χ0n) is 9.23. The van der Waals surface area contributed by atoms with E-state index in [1.165, 1.54) is 0 Å². The van der Waals surface area contributed by atoms with Crippen LogP contribution in [0.4, 0.5) is 0 Å². The molecule has 1 saturated heterocycles. The predicted molar refractivity (Wildman–Crippen MR) is 54.9 cm³/mol. The molecule has 0 aliphatic carbocycles. The third kappa shape index (κ3) is 2.45. The molecule has 1 aliphatic rings. The fraction of sp³-hybridized carbons (Fsp3) is 0.900. The van der Waals surface area contributed by atoms with Gasteiger partial charge in [0, 0.05) is 20.5 Å². The largest absolute Gasteiger partial charge is 0.394 e. The molecule has 0 aromatic heterocycles. The molecule has 4 heteroatoms. The van der Waals surface area contributed by atoms with Crippen LogP contribution in [0.3, 0.4) is 0 Å². The predicted octanol–water partition coefficient (Wildman–Crippen LogP) is -0.223. The van der Waals surface area contributed by atoms with Crippen molar-refractivity contribution in [1.82, 2.24) is 9.80 Å². The van der Waals surface area contributed by atoms with E-state index in [1.807, 2.05) is 0 Å². The maximum absolute atomic E-state index is 11.2. The van der Waals surface area contributed by atoms with Gasteiger partial charge in [0.15, 0.2) is 0 Å². The van der Waals surface area contributed by atoms with Gasteiger partial charge in [-0.25, -0.2) is 0 Å². The highest BCUT2D eigenvalue weighted by Gasteiger charge is 2.30. The SMILES string of the molecule is CC(=O)N(C)C(CO)C1CCN(C)C1. The number of nitrogens with zero attached hydrogens (tertiary/aromatic N) is 2. The molecule has 82 valence electrons. The molecule has 1 heterocycles. The van der Waals surface area contributed by atoms with E-state index in [2.05, 4.69) is 11.9 Å². The van der Waals surface area contributed by atoms with Crippen LogP contribution in [0.15, 0.2) is 0 Å². The first kappa shape index (κ1) is 11.5. The van der Waals surface area contributed by atoms with Crippen LogP contribution >= 0.6 is 0 Å². The van der Waals surface area contributed by atoms with Gasteiger partial charge in [-0.15, -0.1) is 0 Å². The van der Waals surface area contributed by atoms with E-state index in [4.69, 9.17) is 0 Å². The van der Waals surface area contributed by atoms with E-state index >= 15 is 0 Å². The minimum Gasteiger partial charge on any atom is -0.394 e. The number of aliphatic hydroxyl groups is 1. The lowest BCUT2D eigenvalue weighted by Gasteiger charge is -2.30. The quantitative estimate of drug-likeness (QED) is 0.685. The Bertz CT molecular complexity index is 208. The highest BCUT2D eigenvalue weighted by molar-refractivity contribution is 5.73. The third-order valence-corrected chi connectivity index (χ3v) is 3.15. The van der Waals surface area contributed by atoms with Gasteiger partial charge in [0.1, 0.15) is 0 Å².